The zero-order valence-electron chi connectivity index (χ0n) is 14.1. The first kappa shape index (κ1) is 18.5. The molecule has 3 atom stereocenters. The fraction of sp³-hybridized carbons (Fsp3) is 0.438. The number of methoxy groups -OCH3 is 1. The second-order valence-corrected chi connectivity index (χ2v) is 6.76. The van der Waals surface area contributed by atoms with Crippen LogP contribution in [0.15, 0.2) is 24.3 Å². The molecule has 0 saturated carbocycles. The van der Waals surface area contributed by atoms with Gasteiger partial charge in [0.1, 0.15) is 23.0 Å². The third kappa shape index (κ3) is 4.47. The van der Waals surface area contributed by atoms with E-state index in [2.05, 4.69) is 20.8 Å². The molecule has 0 aliphatic carbocycles. The van der Waals surface area contributed by atoms with Crippen LogP contribution < -0.4 is 15.4 Å². The standard InChI is InChI=1S/C16H20N4O5S/c1-24-10-4-2-9(3-5-10)7-17-15(23)18-16-20-19-14(26-16)12-6-11(22)13(8-21)25-12/h2-5,11-13,21-22H,6-8H2,1H3,(H2,17,18,20,23)/t11-,12-,13+/m0/s1. The average molecular weight is 380 g/mol. The van der Waals surface area contributed by atoms with Gasteiger partial charge < -0.3 is 25.0 Å². The van der Waals surface area contributed by atoms with Gasteiger partial charge in [0.25, 0.3) is 0 Å². The van der Waals surface area contributed by atoms with Gasteiger partial charge in [0.15, 0.2) is 0 Å². The number of aliphatic hydroxyl groups excluding tert-OH is 2. The molecule has 2 aromatic rings. The average Bonchev–Trinajstić information content (AvgIpc) is 3.26. The fourth-order valence-electron chi connectivity index (χ4n) is 2.53. The molecule has 2 heterocycles. The van der Waals surface area contributed by atoms with Crippen LogP contribution in [0.5, 0.6) is 5.75 Å². The lowest BCUT2D eigenvalue weighted by Crippen LogP contribution is -2.28. The summed E-state index contributed by atoms with van der Waals surface area (Å²) in [6.07, 6.45) is -1.45. The van der Waals surface area contributed by atoms with Gasteiger partial charge in [-0.05, 0) is 17.7 Å². The summed E-state index contributed by atoms with van der Waals surface area (Å²) in [5, 5.41) is 33.0. The van der Waals surface area contributed by atoms with Crippen molar-refractivity contribution >= 4 is 22.5 Å². The lowest BCUT2D eigenvalue weighted by molar-refractivity contribution is -0.0227. The number of benzene rings is 1. The molecule has 26 heavy (non-hydrogen) atoms. The molecular formula is C16H20N4O5S. The van der Waals surface area contributed by atoms with Crippen LogP contribution in [-0.4, -0.2) is 52.4 Å². The number of ether oxygens (including phenoxy) is 2. The largest absolute Gasteiger partial charge is 0.497 e. The number of urea groups is 1. The van der Waals surface area contributed by atoms with Crippen LogP contribution in [0.2, 0.25) is 0 Å². The van der Waals surface area contributed by atoms with Gasteiger partial charge in [0, 0.05) is 13.0 Å². The Bertz CT molecular complexity index is 738. The minimum absolute atomic E-state index is 0.255. The van der Waals surface area contributed by atoms with E-state index in [-0.39, 0.29) is 6.61 Å². The summed E-state index contributed by atoms with van der Waals surface area (Å²) >= 11 is 1.17. The molecule has 0 bridgehead atoms. The van der Waals surface area contributed by atoms with Crippen molar-refractivity contribution in [2.45, 2.75) is 31.3 Å². The Kier molecular flexibility index (Phi) is 5.99. The van der Waals surface area contributed by atoms with Gasteiger partial charge in [0.05, 0.1) is 19.8 Å². The van der Waals surface area contributed by atoms with E-state index in [0.29, 0.717) is 23.1 Å². The number of rotatable bonds is 6. The predicted octanol–water partition coefficient (Wildman–Crippen LogP) is 1.05. The number of aromatic nitrogens is 2. The maximum Gasteiger partial charge on any atom is 0.321 e. The lowest BCUT2D eigenvalue weighted by Gasteiger charge is -2.09. The Hall–Kier alpha value is -2.27. The summed E-state index contributed by atoms with van der Waals surface area (Å²) in [7, 11) is 1.60. The van der Waals surface area contributed by atoms with Gasteiger partial charge in [0.2, 0.25) is 5.13 Å². The maximum atomic E-state index is 12.0. The van der Waals surface area contributed by atoms with Gasteiger partial charge in [-0.25, -0.2) is 4.79 Å². The molecule has 10 heteroatoms. The Morgan fingerprint density at radius 1 is 1.38 bits per heavy atom. The van der Waals surface area contributed by atoms with Crippen molar-refractivity contribution in [1.82, 2.24) is 15.5 Å². The third-order valence-electron chi connectivity index (χ3n) is 3.95. The molecule has 140 valence electrons. The van der Waals surface area contributed by atoms with E-state index in [9.17, 15) is 9.90 Å². The summed E-state index contributed by atoms with van der Waals surface area (Å²) in [5.74, 6) is 0.752. The summed E-state index contributed by atoms with van der Waals surface area (Å²) in [6, 6.07) is 6.97. The summed E-state index contributed by atoms with van der Waals surface area (Å²) < 4.78 is 10.6. The smallest absolute Gasteiger partial charge is 0.321 e. The summed E-state index contributed by atoms with van der Waals surface area (Å²) in [6.45, 7) is 0.104. The van der Waals surface area contributed by atoms with Crippen molar-refractivity contribution in [2.24, 2.45) is 0 Å². The zero-order chi connectivity index (χ0) is 18.5. The van der Waals surface area contributed by atoms with Crippen molar-refractivity contribution in [1.29, 1.82) is 0 Å². The molecule has 0 spiro atoms. The first-order valence-corrected chi connectivity index (χ1v) is 8.86. The highest BCUT2D eigenvalue weighted by molar-refractivity contribution is 7.15. The highest BCUT2D eigenvalue weighted by Crippen LogP contribution is 2.35. The van der Waals surface area contributed by atoms with Crippen LogP contribution in [0.4, 0.5) is 9.93 Å². The van der Waals surface area contributed by atoms with Gasteiger partial charge in [-0.15, -0.1) is 10.2 Å². The van der Waals surface area contributed by atoms with Crippen molar-refractivity contribution < 1.29 is 24.5 Å². The predicted molar refractivity (Wildman–Crippen MR) is 94.1 cm³/mol. The molecule has 1 aromatic carbocycles. The first-order valence-electron chi connectivity index (χ1n) is 8.04. The molecular weight excluding hydrogens is 360 g/mol. The highest BCUT2D eigenvalue weighted by Gasteiger charge is 2.36. The Morgan fingerprint density at radius 2 is 2.15 bits per heavy atom. The number of hydrogen-bond donors (Lipinski definition) is 4. The van der Waals surface area contributed by atoms with Crippen LogP contribution in [-0.2, 0) is 11.3 Å². The summed E-state index contributed by atoms with van der Waals surface area (Å²) in [5.41, 5.74) is 0.933. The number of anilines is 1. The zero-order valence-corrected chi connectivity index (χ0v) is 14.9. The SMILES string of the molecule is COc1ccc(CNC(=O)Nc2nnc([C@@H]3C[C@H](O)[C@@H](CO)O3)s2)cc1. The molecule has 3 rings (SSSR count). The minimum Gasteiger partial charge on any atom is -0.497 e. The minimum atomic E-state index is -0.738. The van der Waals surface area contributed by atoms with Crippen LogP contribution >= 0.6 is 11.3 Å². The number of carbonyl (C=O) groups is 1. The molecule has 1 fully saturated rings. The van der Waals surface area contributed by atoms with E-state index in [1.165, 1.54) is 11.3 Å². The number of aliphatic hydroxyl groups is 2. The van der Waals surface area contributed by atoms with E-state index in [1.54, 1.807) is 7.11 Å². The molecule has 1 saturated heterocycles. The first-order chi connectivity index (χ1) is 12.6. The van der Waals surface area contributed by atoms with Gasteiger partial charge >= 0.3 is 6.03 Å². The summed E-state index contributed by atoms with van der Waals surface area (Å²) in [4.78, 5) is 12.0. The number of carbonyl (C=O) groups excluding carboxylic acids is 1. The topological polar surface area (TPSA) is 126 Å². The van der Waals surface area contributed by atoms with Crippen LogP contribution in [0.3, 0.4) is 0 Å². The Labute approximate surface area is 154 Å². The van der Waals surface area contributed by atoms with Crippen LogP contribution in [0.25, 0.3) is 0 Å². The second kappa shape index (κ2) is 8.41. The quantitative estimate of drug-likeness (QED) is 0.590. The van der Waals surface area contributed by atoms with Crippen LogP contribution in [0.1, 0.15) is 23.1 Å². The number of hydrogen-bond acceptors (Lipinski definition) is 8. The Balaban J connectivity index is 1.49. The lowest BCUT2D eigenvalue weighted by atomic mass is 10.1. The van der Waals surface area contributed by atoms with E-state index in [0.717, 1.165) is 11.3 Å². The monoisotopic (exact) mass is 380 g/mol. The number of nitrogens with zero attached hydrogens (tertiary/aromatic N) is 2. The van der Waals surface area contributed by atoms with E-state index < -0.39 is 24.3 Å². The molecule has 1 aliphatic rings. The van der Waals surface area contributed by atoms with E-state index in [4.69, 9.17) is 14.6 Å². The fourth-order valence-corrected chi connectivity index (χ4v) is 3.32. The molecule has 1 aromatic heterocycles. The normalized spacial score (nSPS) is 22.2. The van der Waals surface area contributed by atoms with Crippen LogP contribution in [0, 0.1) is 0 Å². The van der Waals surface area contributed by atoms with Gasteiger partial charge in [-0.2, -0.15) is 0 Å². The molecule has 4 N–H and O–H groups in total. The number of nitrogens with one attached hydrogen (secondary N) is 2. The van der Waals surface area contributed by atoms with E-state index >= 15 is 0 Å². The van der Waals surface area contributed by atoms with E-state index in [1.807, 2.05) is 24.3 Å². The Morgan fingerprint density at radius 3 is 2.81 bits per heavy atom. The second-order valence-electron chi connectivity index (χ2n) is 5.75. The van der Waals surface area contributed by atoms with Crippen molar-refractivity contribution in [3.63, 3.8) is 0 Å². The van der Waals surface area contributed by atoms with Crippen molar-refractivity contribution in [3.8, 4) is 5.75 Å². The van der Waals surface area contributed by atoms with Gasteiger partial charge in [-0.1, -0.05) is 23.5 Å². The maximum absolute atomic E-state index is 12.0. The highest BCUT2D eigenvalue weighted by atomic mass is 32.1. The molecule has 0 radical (unpaired) electrons. The van der Waals surface area contributed by atoms with Crippen molar-refractivity contribution in [3.05, 3.63) is 34.8 Å². The van der Waals surface area contributed by atoms with Crippen molar-refractivity contribution in [2.75, 3.05) is 19.0 Å². The number of amides is 2. The molecule has 1 aliphatic heterocycles. The molecule has 9 nitrogen and oxygen atoms in total. The third-order valence-corrected chi connectivity index (χ3v) is 4.88. The molecule has 2 amide bonds. The van der Waals surface area contributed by atoms with Gasteiger partial charge in [-0.3, -0.25) is 5.32 Å². The molecule has 0 unspecified atom stereocenters.